The minimum absolute atomic E-state index is 0.323. The van der Waals surface area contributed by atoms with E-state index < -0.39 is 0 Å². The molecule has 3 heteroatoms. The average molecular weight is 274 g/mol. The van der Waals surface area contributed by atoms with Gasteiger partial charge in [-0.05, 0) is 55.7 Å². The van der Waals surface area contributed by atoms with Crippen LogP contribution in [-0.4, -0.2) is 19.0 Å². The van der Waals surface area contributed by atoms with E-state index in [9.17, 15) is 4.79 Å². The first-order chi connectivity index (χ1) is 9.76. The van der Waals surface area contributed by atoms with Crippen molar-refractivity contribution in [2.45, 2.75) is 57.0 Å². The Morgan fingerprint density at radius 3 is 2.55 bits per heavy atom. The molecule has 1 aromatic carbocycles. The van der Waals surface area contributed by atoms with Crippen molar-refractivity contribution in [2.24, 2.45) is 0 Å². The van der Waals surface area contributed by atoms with Gasteiger partial charge in [0.1, 0.15) is 5.78 Å². The molecule has 2 aliphatic carbocycles. The molecule has 0 radical (unpaired) electrons. The third-order valence-corrected chi connectivity index (χ3v) is 4.50. The predicted molar refractivity (Wildman–Crippen MR) is 77.5 cm³/mol. The van der Waals surface area contributed by atoms with Crippen molar-refractivity contribution in [1.82, 2.24) is 0 Å². The average Bonchev–Trinajstić information content (AvgIpc) is 3.10. The molecule has 3 rings (SSSR count). The van der Waals surface area contributed by atoms with Crippen molar-refractivity contribution in [2.75, 3.05) is 7.11 Å². The minimum Gasteiger partial charge on any atom is -0.493 e. The van der Waals surface area contributed by atoms with Crippen LogP contribution in [0.4, 0.5) is 0 Å². The van der Waals surface area contributed by atoms with E-state index in [-0.39, 0.29) is 0 Å². The molecular weight excluding hydrogens is 252 g/mol. The Morgan fingerprint density at radius 1 is 1.10 bits per heavy atom. The molecule has 1 atom stereocenters. The van der Waals surface area contributed by atoms with Crippen molar-refractivity contribution < 1.29 is 14.3 Å². The van der Waals surface area contributed by atoms with Gasteiger partial charge in [0, 0.05) is 12.8 Å². The first kappa shape index (κ1) is 13.5. The summed E-state index contributed by atoms with van der Waals surface area (Å²) in [4.78, 5) is 11.5. The summed E-state index contributed by atoms with van der Waals surface area (Å²) < 4.78 is 11.5. The summed E-state index contributed by atoms with van der Waals surface area (Å²) in [6, 6.07) is 6.13. The lowest BCUT2D eigenvalue weighted by Crippen LogP contribution is -2.12. The standard InChI is InChI=1S/C17H22O3/c1-19-16-9-7-13(12-6-8-14(18)10-12)11-17(16)20-15-4-2-3-5-15/h7,9,11-12,15H,2-6,8,10H2,1H3. The van der Waals surface area contributed by atoms with E-state index in [1.54, 1.807) is 7.11 Å². The highest BCUT2D eigenvalue weighted by Crippen LogP contribution is 2.38. The number of Topliss-reactive ketones (excluding diaryl/α,β-unsaturated/α-hetero) is 1. The van der Waals surface area contributed by atoms with Crippen molar-refractivity contribution in [3.05, 3.63) is 23.8 Å². The normalized spacial score (nSPS) is 23.2. The van der Waals surface area contributed by atoms with Crippen molar-refractivity contribution in [3.63, 3.8) is 0 Å². The van der Waals surface area contributed by atoms with E-state index in [1.807, 2.05) is 6.07 Å². The number of ether oxygens (including phenoxy) is 2. The van der Waals surface area contributed by atoms with Crippen LogP contribution in [0.25, 0.3) is 0 Å². The van der Waals surface area contributed by atoms with E-state index in [1.165, 1.54) is 18.4 Å². The van der Waals surface area contributed by atoms with Gasteiger partial charge in [0.25, 0.3) is 0 Å². The molecule has 1 aromatic rings. The molecule has 0 amide bonds. The number of rotatable bonds is 4. The number of hydrogen-bond donors (Lipinski definition) is 0. The van der Waals surface area contributed by atoms with Crippen LogP contribution >= 0.6 is 0 Å². The quantitative estimate of drug-likeness (QED) is 0.836. The van der Waals surface area contributed by atoms with Gasteiger partial charge in [-0.1, -0.05) is 6.07 Å². The molecule has 0 N–H and O–H groups in total. The first-order valence-electron chi connectivity index (χ1n) is 7.62. The van der Waals surface area contributed by atoms with Crippen LogP contribution in [0, 0.1) is 0 Å². The number of carbonyl (C=O) groups is 1. The van der Waals surface area contributed by atoms with Gasteiger partial charge in [-0.3, -0.25) is 4.79 Å². The topological polar surface area (TPSA) is 35.5 Å². The minimum atomic E-state index is 0.323. The molecule has 108 valence electrons. The Morgan fingerprint density at radius 2 is 1.90 bits per heavy atom. The molecule has 0 spiro atoms. The molecule has 3 nitrogen and oxygen atoms in total. The van der Waals surface area contributed by atoms with Gasteiger partial charge in [-0.2, -0.15) is 0 Å². The monoisotopic (exact) mass is 274 g/mol. The number of benzene rings is 1. The van der Waals surface area contributed by atoms with E-state index in [0.29, 0.717) is 24.2 Å². The third-order valence-electron chi connectivity index (χ3n) is 4.50. The largest absolute Gasteiger partial charge is 0.493 e. The van der Waals surface area contributed by atoms with Crippen molar-refractivity contribution in [3.8, 4) is 11.5 Å². The van der Waals surface area contributed by atoms with Crippen LogP contribution in [0.15, 0.2) is 18.2 Å². The Bertz CT molecular complexity index is 489. The second-order valence-corrected chi connectivity index (χ2v) is 5.91. The fourth-order valence-corrected chi connectivity index (χ4v) is 3.32. The second-order valence-electron chi connectivity index (χ2n) is 5.91. The summed E-state index contributed by atoms with van der Waals surface area (Å²) in [6.07, 6.45) is 7.46. The molecule has 2 fully saturated rings. The predicted octanol–water partition coefficient (Wildman–Crippen LogP) is 3.85. The van der Waals surface area contributed by atoms with Gasteiger partial charge in [0.05, 0.1) is 13.2 Å². The molecule has 20 heavy (non-hydrogen) atoms. The van der Waals surface area contributed by atoms with E-state index in [2.05, 4.69) is 12.1 Å². The van der Waals surface area contributed by atoms with Crippen LogP contribution in [0.2, 0.25) is 0 Å². The third kappa shape index (κ3) is 2.82. The molecule has 0 aromatic heterocycles. The summed E-state index contributed by atoms with van der Waals surface area (Å²) in [5.74, 6) is 2.38. The lowest BCUT2D eigenvalue weighted by molar-refractivity contribution is -0.117. The molecule has 1 unspecified atom stereocenters. The van der Waals surface area contributed by atoms with Crippen LogP contribution in [-0.2, 0) is 4.79 Å². The van der Waals surface area contributed by atoms with Crippen LogP contribution in [0.5, 0.6) is 11.5 Å². The Balaban J connectivity index is 1.80. The van der Waals surface area contributed by atoms with Crippen molar-refractivity contribution in [1.29, 1.82) is 0 Å². The van der Waals surface area contributed by atoms with Gasteiger partial charge in [-0.25, -0.2) is 0 Å². The number of hydrogen-bond acceptors (Lipinski definition) is 3. The van der Waals surface area contributed by atoms with Gasteiger partial charge in [0.15, 0.2) is 11.5 Å². The zero-order valence-electron chi connectivity index (χ0n) is 12.1. The maximum absolute atomic E-state index is 11.5. The number of methoxy groups -OCH3 is 1. The summed E-state index contributed by atoms with van der Waals surface area (Å²) >= 11 is 0. The molecular formula is C17H22O3. The zero-order valence-corrected chi connectivity index (χ0v) is 12.1. The fourth-order valence-electron chi connectivity index (χ4n) is 3.32. The summed E-state index contributed by atoms with van der Waals surface area (Å²) in [6.45, 7) is 0. The Kier molecular flexibility index (Phi) is 3.95. The smallest absolute Gasteiger partial charge is 0.161 e. The Hall–Kier alpha value is -1.51. The summed E-state index contributed by atoms with van der Waals surface area (Å²) in [7, 11) is 1.68. The van der Waals surface area contributed by atoms with Crippen molar-refractivity contribution >= 4 is 5.78 Å². The number of carbonyl (C=O) groups excluding carboxylic acids is 1. The van der Waals surface area contributed by atoms with Gasteiger partial charge in [-0.15, -0.1) is 0 Å². The SMILES string of the molecule is COc1ccc(C2CCC(=O)C2)cc1OC1CCCC1. The number of ketones is 1. The van der Waals surface area contributed by atoms with Crippen LogP contribution in [0.1, 0.15) is 56.4 Å². The lowest BCUT2D eigenvalue weighted by Gasteiger charge is -2.18. The van der Waals surface area contributed by atoms with E-state index in [4.69, 9.17) is 9.47 Å². The Labute approximate surface area is 120 Å². The zero-order chi connectivity index (χ0) is 13.9. The van der Waals surface area contributed by atoms with Crippen LogP contribution in [0.3, 0.4) is 0 Å². The first-order valence-corrected chi connectivity index (χ1v) is 7.62. The molecule has 2 aliphatic rings. The fraction of sp³-hybridized carbons (Fsp3) is 0.588. The summed E-state index contributed by atoms with van der Waals surface area (Å²) in [5, 5.41) is 0. The van der Waals surface area contributed by atoms with E-state index >= 15 is 0 Å². The van der Waals surface area contributed by atoms with Gasteiger partial charge < -0.3 is 9.47 Å². The highest BCUT2D eigenvalue weighted by Gasteiger charge is 2.25. The molecule has 0 aliphatic heterocycles. The van der Waals surface area contributed by atoms with Gasteiger partial charge in [0.2, 0.25) is 0 Å². The molecule has 0 heterocycles. The second kappa shape index (κ2) is 5.86. The molecule has 0 saturated heterocycles. The van der Waals surface area contributed by atoms with Gasteiger partial charge >= 0.3 is 0 Å². The molecule has 2 saturated carbocycles. The molecule has 0 bridgehead atoms. The maximum Gasteiger partial charge on any atom is 0.161 e. The highest BCUT2D eigenvalue weighted by molar-refractivity contribution is 5.81. The van der Waals surface area contributed by atoms with E-state index in [0.717, 1.165) is 37.2 Å². The highest BCUT2D eigenvalue weighted by atomic mass is 16.5. The maximum atomic E-state index is 11.5. The van der Waals surface area contributed by atoms with Crippen LogP contribution < -0.4 is 9.47 Å². The lowest BCUT2D eigenvalue weighted by atomic mass is 9.97. The summed E-state index contributed by atoms with van der Waals surface area (Å²) in [5.41, 5.74) is 1.21.